The third-order valence-corrected chi connectivity index (χ3v) is 5.42. The van der Waals surface area contributed by atoms with Crippen LogP contribution in [0.25, 0.3) is 0 Å². The SMILES string of the molecule is CC(C)(C(=O)N1CCN(C(=O)Cc2ccccn2)CC1)c1cccc(C(F)(F)F)c1. The highest BCUT2D eigenvalue weighted by atomic mass is 19.4. The van der Waals surface area contributed by atoms with Gasteiger partial charge in [-0.15, -0.1) is 0 Å². The van der Waals surface area contributed by atoms with Gasteiger partial charge in [0.2, 0.25) is 11.8 Å². The molecule has 5 nitrogen and oxygen atoms in total. The van der Waals surface area contributed by atoms with Gasteiger partial charge in [0.1, 0.15) is 0 Å². The van der Waals surface area contributed by atoms with Gasteiger partial charge in [0.25, 0.3) is 0 Å². The first-order valence-corrected chi connectivity index (χ1v) is 9.74. The number of rotatable bonds is 4. The van der Waals surface area contributed by atoms with Gasteiger partial charge in [0.15, 0.2) is 0 Å². The fraction of sp³-hybridized carbons (Fsp3) is 0.409. The maximum absolute atomic E-state index is 13.1. The summed E-state index contributed by atoms with van der Waals surface area (Å²) in [6, 6.07) is 10.3. The van der Waals surface area contributed by atoms with Crippen molar-refractivity contribution in [3.63, 3.8) is 0 Å². The maximum atomic E-state index is 13.1. The number of benzene rings is 1. The van der Waals surface area contributed by atoms with E-state index < -0.39 is 17.2 Å². The number of pyridine rings is 1. The molecule has 2 amide bonds. The smallest absolute Gasteiger partial charge is 0.339 e. The molecule has 0 N–H and O–H groups in total. The minimum Gasteiger partial charge on any atom is -0.339 e. The highest BCUT2D eigenvalue weighted by molar-refractivity contribution is 5.88. The largest absolute Gasteiger partial charge is 0.416 e. The molecule has 1 aliphatic heterocycles. The predicted molar refractivity (Wildman–Crippen MR) is 106 cm³/mol. The van der Waals surface area contributed by atoms with Gasteiger partial charge < -0.3 is 9.80 Å². The summed E-state index contributed by atoms with van der Waals surface area (Å²) < 4.78 is 39.1. The highest BCUT2D eigenvalue weighted by Gasteiger charge is 2.38. The van der Waals surface area contributed by atoms with Crippen molar-refractivity contribution in [3.05, 3.63) is 65.5 Å². The number of carbonyl (C=O) groups is 2. The molecule has 0 unspecified atom stereocenters. The Morgan fingerprint density at radius 3 is 2.17 bits per heavy atom. The molecule has 1 aromatic carbocycles. The van der Waals surface area contributed by atoms with Gasteiger partial charge in [-0.1, -0.05) is 24.3 Å². The molecule has 0 saturated carbocycles. The molecule has 8 heteroatoms. The number of alkyl halides is 3. The van der Waals surface area contributed by atoms with Gasteiger partial charge in [-0.2, -0.15) is 13.2 Å². The number of nitrogens with zero attached hydrogens (tertiary/aromatic N) is 3. The predicted octanol–water partition coefficient (Wildman–Crippen LogP) is 3.29. The normalized spacial score (nSPS) is 15.2. The Morgan fingerprint density at radius 2 is 1.57 bits per heavy atom. The average molecular weight is 419 g/mol. The Kier molecular flexibility index (Phi) is 6.14. The molecule has 3 rings (SSSR count). The van der Waals surface area contributed by atoms with Crippen LogP contribution in [0.4, 0.5) is 13.2 Å². The molecule has 160 valence electrons. The van der Waals surface area contributed by atoms with Crippen LogP contribution in [-0.4, -0.2) is 52.8 Å². The lowest BCUT2D eigenvalue weighted by molar-refractivity contribution is -0.142. The first kappa shape index (κ1) is 21.8. The molecule has 0 atom stereocenters. The number of aromatic nitrogens is 1. The van der Waals surface area contributed by atoms with E-state index in [1.165, 1.54) is 6.07 Å². The molecule has 1 aromatic heterocycles. The fourth-order valence-electron chi connectivity index (χ4n) is 3.53. The van der Waals surface area contributed by atoms with Crippen LogP contribution >= 0.6 is 0 Å². The van der Waals surface area contributed by atoms with Gasteiger partial charge >= 0.3 is 6.18 Å². The number of hydrogen-bond donors (Lipinski definition) is 0. The van der Waals surface area contributed by atoms with Crippen LogP contribution in [0.3, 0.4) is 0 Å². The molecule has 0 aliphatic carbocycles. The van der Waals surface area contributed by atoms with Crippen molar-refractivity contribution in [3.8, 4) is 0 Å². The van der Waals surface area contributed by atoms with Crippen LogP contribution in [0.15, 0.2) is 48.7 Å². The minimum absolute atomic E-state index is 0.0575. The second kappa shape index (κ2) is 8.45. The summed E-state index contributed by atoms with van der Waals surface area (Å²) in [5, 5.41) is 0. The first-order chi connectivity index (χ1) is 14.1. The van der Waals surface area contributed by atoms with Crippen molar-refractivity contribution in [2.75, 3.05) is 26.2 Å². The second-order valence-electron chi connectivity index (χ2n) is 7.87. The molecule has 1 aliphatic rings. The number of halogens is 3. The summed E-state index contributed by atoms with van der Waals surface area (Å²) >= 11 is 0. The summed E-state index contributed by atoms with van der Waals surface area (Å²) in [6.07, 6.45) is -2.63. The van der Waals surface area contributed by atoms with Gasteiger partial charge in [-0.25, -0.2) is 0 Å². The van der Waals surface area contributed by atoms with Crippen molar-refractivity contribution in [1.82, 2.24) is 14.8 Å². The van der Waals surface area contributed by atoms with E-state index in [4.69, 9.17) is 0 Å². The van der Waals surface area contributed by atoms with Gasteiger partial charge in [-0.3, -0.25) is 14.6 Å². The quantitative estimate of drug-likeness (QED) is 0.764. The lowest BCUT2D eigenvalue weighted by Crippen LogP contribution is -2.54. The summed E-state index contributed by atoms with van der Waals surface area (Å²) in [5.74, 6) is -0.309. The summed E-state index contributed by atoms with van der Waals surface area (Å²) in [7, 11) is 0. The standard InChI is InChI=1S/C22H24F3N3O2/c1-21(2,16-6-5-7-17(14-16)22(23,24)25)20(30)28-12-10-27(11-13-28)19(29)15-18-8-3-4-9-26-18/h3-9,14H,10-13,15H2,1-2H3. The van der Waals surface area contributed by atoms with Crippen molar-refractivity contribution < 1.29 is 22.8 Å². The molecule has 2 heterocycles. The van der Waals surface area contributed by atoms with Crippen LogP contribution in [0, 0.1) is 0 Å². The van der Waals surface area contributed by atoms with E-state index in [9.17, 15) is 22.8 Å². The average Bonchev–Trinajstić information content (AvgIpc) is 2.73. The number of amides is 2. The van der Waals surface area contributed by atoms with E-state index in [0.29, 0.717) is 37.4 Å². The van der Waals surface area contributed by atoms with Crippen molar-refractivity contribution >= 4 is 11.8 Å². The zero-order valence-corrected chi connectivity index (χ0v) is 16.9. The molecule has 0 bridgehead atoms. The zero-order valence-electron chi connectivity index (χ0n) is 16.9. The van der Waals surface area contributed by atoms with Crippen molar-refractivity contribution in [2.24, 2.45) is 0 Å². The minimum atomic E-state index is -4.46. The van der Waals surface area contributed by atoms with Crippen LogP contribution < -0.4 is 0 Å². The van der Waals surface area contributed by atoms with Crippen LogP contribution in [0.5, 0.6) is 0 Å². The van der Waals surface area contributed by atoms with Crippen LogP contribution in [0.2, 0.25) is 0 Å². The highest BCUT2D eigenvalue weighted by Crippen LogP contribution is 2.33. The summed E-state index contributed by atoms with van der Waals surface area (Å²) in [5.41, 5.74) is -0.880. The molecular weight excluding hydrogens is 395 g/mol. The Hall–Kier alpha value is -2.90. The lowest BCUT2D eigenvalue weighted by Gasteiger charge is -2.39. The Labute approximate surface area is 173 Å². The topological polar surface area (TPSA) is 53.5 Å². The van der Waals surface area contributed by atoms with Gasteiger partial charge in [0.05, 0.1) is 17.4 Å². The monoisotopic (exact) mass is 419 g/mol. The Balaban J connectivity index is 1.63. The Bertz CT molecular complexity index is 905. The second-order valence-corrected chi connectivity index (χ2v) is 7.87. The number of piperazine rings is 1. The fourth-order valence-corrected chi connectivity index (χ4v) is 3.53. The molecule has 1 saturated heterocycles. The number of carbonyl (C=O) groups excluding carboxylic acids is 2. The van der Waals surface area contributed by atoms with E-state index in [0.717, 1.165) is 12.1 Å². The first-order valence-electron chi connectivity index (χ1n) is 9.74. The van der Waals surface area contributed by atoms with E-state index >= 15 is 0 Å². The lowest BCUT2D eigenvalue weighted by atomic mass is 9.82. The van der Waals surface area contributed by atoms with Crippen LogP contribution in [-0.2, 0) is 27.6 Å². The third kappa shape index (κ3) is 4.80. The van der Waals surface area contributed by atoms with E-state index in [-0.39, 0.29) is 18.2 Å². The Morgan fingerprint density at radius 1 is 0.933 bits per heavy atom. The molecule has 0 spiro atoms. The van der Waals surface area contributed by atoms with E-state index in [1.54, 1.807) is 48.0 Å². The maximum Gasteiger partial charge on any atom is 0.416 e. The third-order valence-electron chi connectivity index (χ3n) is 5.42. The molecule has 30 heavy (non-hydrogen) atoms. The molecular formula is C22H24F3N3O2. The summed E-state index contributed by atoms with van der Waals surface area (Å²) in [6.45, 7) is 4.71. The zero-order chi connectivity index (χ0) is 21.9. The van der Waals surface area contributed by atoms with Gasteiger partial charge in [0, 0.05) is 38.1 Å². The van der Waals surface area contributed by atoms with Gasteiger partial charge in [-0.05, 0) is 37.6 Å². The molecule has 1 fully saturated rings. The van der Waals surface area contributed by atoms with E-state index in [2.05, 4.69) is 4.98 Å². The van der Waals surface area contributed by atoms with E-state index in [1.807, 2.05) is 6.07 Å². The molecule has 0 radical (unpaired) electrons. The number of hydrogen-bond acceptors (Lipinski definition) is 3. The van der Waals surface area contributed by atoms with Crippen molar-refractivity contribution in [2.45, 2.75) is 31.9 Å². The van der Waals surface area contributed by atoms with Crippen molar-refractivity contribution in [1.29, 1.82) is 0 Å². The molecule has 2 aromatic rings. The summed E-state index contributed by atoms with van der Waals surface area (Å²) in [4.78, 5) is 33.0. The van der Waals surface area contributed by atoms with Crippen LogP contribution in [0.1, 0.15) is 30.7 Å².